The molecule has 1 heterocycles. The molecule has 1 saturated heterocycles. The SMILES string of the molecule is N#Cc1ccc(NCC2CCSC2)cc1. The predicted octanol–water partition coefficient (Wildman–Crippen LogP) is 2.72. The molecule has 78 valence electrons. The Labute approximate surface area is 94.7 Å². The molecule has 15 heavy (non-hydrogen) atoms. The quantitative estimate of drug-likeness (QED) is 0.847. The highest BCUT2D eigenvalue weighted by atomic mass is 32.2. The normalized spacial score (nSPS) is 19.8. The predicted molar refractivity (Wildman–Crippen MR) is 65.1 cm³/mol. The van der Waals surface area contributed by atoms with E-state index >= 15 is 0 Å². The first-order valence-corrected chi connectivity index (χ1v) is 6.36. The fraction of sp³-hybridized carbons (Fsp3) is 0.417. The van der Waals surface area contributed by atoms with Crippen molar-refractivity contribution in [3.05, 3.63) is 29.8 Å². The highest BCUT2D eigenvalue weighted by Gasteiger charge is 2.14. The van der Waals surface area contributed by atoms with Gasteiger partial charge in [0.2, 0.25) is 0 Å². The monoisotopic (exact) mass is 218 g/mol. The van der Waals surface area contributed by atoms with Gasteiger partial charge in [-0.25, -0.2) is 0 Å². The molecule has 1 aromatic rings. The van der Waals surface area contributed by atoms with Gasteiger partial charge in [-0.05, 0) is 48.1 Å². The van der Waals surface area contributed by atoms with Crippen molar-refractivity contribution in [2.24, 2.45) is 5.92 Å². The molecular weight excluding hydrogens is 204 g/mol. The van der Waals surface area contributed by atoms with Crippen LogP contribution in [0.25, 0.3) is 0 Å². The summed E-state index contributed by atoms with van der Waals surface area (Å²) in [4.78, 5) is 0. The number of hydrogen-bond acceptors (Lipinski definition) is 3. The Hall–Kier alpha value is -1.14. The molecule has 1 fully saturated rings. The lowest BCUT2D eigenvalue weighted by Crippen LogP contribution is -2.13. The van der Waals surface area contributed by atoms with Crippen LogP contribution >= 0.6 is 11.8 Å². The van der Waals surface area contributed by atoms with E-state index in [1.807, 2.05) is 36.0 Å². The zero-order chi connectivity index (χ0) is 10.5. The number of nitriles is 1. The lowest BCUT2D eigenvalue weighted by molar-refractivity contribution is 0.632. The Bertz CT molecular complexity index is 347. The summed E-state index contributed by atoms with van der Waals surface area (Å²) in [7, 11) is 0. The van der Waals surface area contributed by atoms with E-state index in [0.717, 1.165) is 23.7 Å². The molecule has 3 heteroatoms. The fourth-order valence-electron chi connectivity index (χ4n) is 1.67. The molecule has 0 aliphatic carbocycles. The summed E-state index contributed by atoms with van der Waals surface area (Å²) in [5.41, 5.74) is 1.84. The molecule has 1 unspecified atom stereocenters. The number of nitrogens with one attached hydrogen (secondary N) is 1. The van der Waals surface area contributed by atoms with Crippen molar-refractivity contribution in [2.45, 2.75) is 6.42 Å². The Balaban J connectivity index is 1.85. The van der Waals surface area contributed by atoms with E-state index in [-0.39, 0.29) is 0 Å². The maximum atomic E-state index is 8.66. The van der Waals surface area contributed by atoms with Crippen LogP contribution in [0, 0.1) is 17.2 Å². The van der Waals surface area contributed by atoms with Gasteiger partial charge in [-0.3, -0.25) is 0 Å². The van der Waals surface area contributed by atoms with Crippen LogP contribution in [0.1, 0.15) is 12.0 Å². The van der Waals surface area contributed by atoms with Gasteiger partial charge in [0.25, 0.3) is 0 Å². The first kappa shape index (κ1) is 10.4. The summed E-state index contributed by atoms with van der Waals surface area (Å²) >= 11 is 2.04. The Morgan fingerprint density at radius 1 is 1.40 bits per heavy atom. The van der Waals surface area contributed by atoms with Crippen LogP contribution in [-0.4, -0.2) is 18.1 Å². The van der Waals surface area contributed by atoms with E-state index in [9.17, 15) is 0 Å². The molecule has 2 nitrogen and oxygen atoms in total. The Kier molecular flexibility index (Phi) is 3.52. The van der Waals surface area contributed by atoms with Crippen molar-refractivity contribution in [2.75, 3.05) is 23.4 Å². The van der Waals surface area contributed by atoms with Crippen LogP contribution in [0.4, 0.5) is 5.69 Å². The maximum Gasteiger partial charge on any atom is 0.0991 e. The smallest absolute Gasteiger partial charge is 0.0991 e. The zero-order valence-corrected chi connectivity index (χ0v) is 9.39. The van der Waals surface area contributed by atoms with Gasteiger partial charge in [-0.1, -0.05) is 0 Å². The maximum absolute atomic E-state index is 8.66. The van der Waals surface area contributed by atoms with Gasteiger partial charge in [0.05, 0.1) is 11.6 Å². The molecule has 0 spiro atoms. The number of hydrogen-bond donors (Lipinski definition) is 1. The standard InChI is InChI=1S/C12H14N2S/c13-7-10-1-3-12(4-2-10)14-8-11-5-6-15-9-11/h1-4,11,14H,5-6,8-9H2. The summed E-state index contributed by atoms with van der Waals surface area (Å²) < 4.78 is 0. The summed E-state index contributed by atoms with van der Waals surface area (Å²) in [5.74, 6) is 3.40. The third-order valence-electron chi connectivity index (χ3n) is 2.63. The van der Waals surface area contributed by atoms with Crippen molar-refractivity contribution < 1.29 is 0 Å². The van der Waals surface area contributed by atoms with Gasteiger partial charge in [0.1, 0.15) is 0 Å². The summed E-state index contributed by atoms with van der Waals surface area (Å²) in [5, 5.41) is 12.1. The largest absolute Gasteiger partial charge is 0.385 e. The Morgan fingerprint density at radius 3 is 2.80 bits per heavy atom. The van der Waals surface area contributed by atoms with Crippen LogP contribution in [0.3, 0.4) is 0 Å². The highest BCUT2D eigenvalue weighted by molar-refractivity contribution is 7.99. The van der Waals surface area contributed by atoms with Crippen LogP contribution in [0.2, 0.25) is 0 Å². The second-order valence-electron chi connectivity index (χ2n) is 3.80. The third kappa shape index (κ3) is 2.90. The van der Waals surface area contributed by atoms with Crippen LogP contribution in [-0.2, 0) is 0 Å². The molecule has 1 aliphatic heterocycles. The first-order valence-electron chi connectivity index (χ1n) is 5.20. The molecule has 2 rings (SSSR count). The van der Waals surface area contributed by atoms with E-state index < -0.39 is 0 Å². The van der Waals surface area contributed by atoms with Crippen molar-refractivity contribution in [3.8, 4) is 6.07 Å². The summed E-state index contributed by atoms with van der Waals surface area (Å²) in [6.45, 7) is 1.05. The molecule has 0 aromatic heterocycles. The van der Waals surface area contributed by atoms with Crippen molar-refractivity contribution in [1.29, 1.82) is 5.26 Å². The number of thioether (sulfide) groups is 1. The molecule has 0 saturated carbocycles. The number of rotatable bonds is 3. The minimum absolute atomic E-state index is 0.719. The van der Waals surface area contributed by atoms with E-state index in [4.69, 9.17) is 5.26 Å². The van der Waals surface area contributed by atoms with Gasteiger partial charge < -0.3 is 5.32 Å². The van der Waals surface area contributed by atoms with E-state index in [2.05, 4.69) is 11.4 Å². The van der Waals surface area contributed by atoms with Gasteiger partial charge in [0.15, 0.2) is 0 Å². The summed E-state index contributed by atoms with van der Waals surface area (Å²) in [6, 6.07) is 9.77. The molecule has 1 aliphatic rings. The van der Waals surface area contributed by atoms with Crippen molar-refractivity contribution >= 4 is 17.4 Å². The first-order chi connectivity index (χ1) is 7.38. The molecule has 0 radical (unpaired) electrons. The molecular formula is C12H14N2S. The number of anilines is 1. The number of nitrogens with zero attached hydrogens (tertiary/aromatic N) is 1. The lowest BCUT2D eigenvalue weighted by Gasteiger charge is -2.10. The van der Waals surface area contributed by atoms with Crippen LogP contribution in [0.5, 0.6) is 0 Å². The zero-order valence-electron chi connectivity index (χ0n) is 8.57. The van der Waals surface area contributed by atoms with E-state index in [1.54, 1.807) is 0 Å². The Morgan fingerprint density at radius 2 is 2.20 bits per heavy atom. The van der Waals surface area contributed by atoms with Gasteiger partial charge in [-0.15, -0.1) is 0 Å². The topological polar surface area (TPSA) is 35.8 Å². The molecule has 0 amide bonds. The third-order valence-corrected chi connectivity index (χ3v) is 3.86. The molecule has 1 atom stereocenters. The average Bonchev–Trinajstić information content (AvgIpc) is 2.80. The summed E-state index contributed by atoms with van der Waals surface area (Å²) in [6.07, 6.45) is 1.33. The van der Waals surface area contributed by atoms with Gasteiger partial charge in [0, 0.05) is 12.2 Å². The van der Waals surface area contributed by atoms with Crippen LogP contribution in [0.15, 0.2) is 24.3 Å². The molecule has 0 bridgehead atoms. The van der Waals surface area contributed by atoms with Crippen molar-refractivity contribution in [1.82, 2.24) is 0 Å². The second kappa shape index (κ2) is 5.09. The van der Waals surface area contributed by atoms with E-state index in [1.165, 1.54) is 17.9 Å². The second-order valence-corrected chi connectivity index (χ2v) is 4.95. The number of benzene rings is 1. The minimum atomic E-state index is 0.719. The molecule has 1 N–H and O–H groups in total. The van der Waals surface area contributed by atoms with Gasteiger partial charge >= 0.3 is 0 Å². The van der Waals surface area contributed by atoms with Crippen LogP contribution < -0.4 is 5.32 Å². The van der Waals surface area contributed by atoms with Crippen molar-refractivity contribution in [3.63, 3.8) is 0 Å². The fourth-order valence-corrected chi connectivity index (χ4v) is 2.95. The van der Waals surface area contributed by atoms with Gasteiger partial charge in [-0.2, -0.15) is 17.0 Å². The van der Waals surface area contributed by atoms with E-state index in [0.29, 0.717) is 0 Å². The molecule has 1 aromatic carbocycles. The highest BCUT2D eigenvalue weighted by Crippen LogP contribution is 2.23. The minimum Gasteiger partial charge on any atom is -0.385 e. The lowest BCUT2D eigenvalue weighted by atomic mass is 10.1. The average molecular weight is 218 g/mol.